The van der Waals surface area contributed by atoms with Crippen LogP contribution in [0.4, 0.5) is 4.79 Å². The number of nitrogens with zero attached hydrogens (tertiary/aromatic N) is 2. The van der Waals surface area contributed by atoms with Crippen molar-refractivity contribution in [3.8, 4) is 0 Å². The first-order valence-corrected chi connectivity index (χ1v) is 5.37. The molecule has 0 saturated heterocycles. The highest BCUT2D eigenvalue weighted by Gasteiger charge is 2.36. The van der Waals surface area contributed by atoms with Crippen molar-refractivity contribution in [1.29, 1.82) is 0 Å². The second-order valence-electron chi connectivity index (χ2n) is 4.38. The summed E-state index contributed by atoms with van der Waals surface area (Å²) in [6.45, 7) is 4.34. The smallest absolute Gasteiger partial charge is 0.419 e. The number of aromatic nitrogens is 2. The number of rotatable bonds is 2. The van der Waals surface area contributed by atoms with Gasteiger partial charge in [0.25, 0.3) is 0 Å². The Morgan fingerprint density at radius 1 is 1.53 bits per heavy atom. The van der Waals surface area contributed by atoms with Gasteiger partial charge in [-0.3, -0.25) is 0 Å². The van der Waals surface area contributed by atoms with Gasteiger partial charge in [0.15, 0.2) is 0 Å². The Kier molecular flexibility index (Phi) is 2.75. The zero-order chi connectivity index (χ0) is 10.8. The summed E-state index contributed by atoms with van der Waals surface area (Å²) >= 11 is 0. The van der Waals surface area contributed by atoms with Crippen LogP contribution >= 0.6 is 0 Å². The van der Waals surface area contributed by atoms with E-state index in [1.807, 2.05) is 0 Å². The van der Waals surface area contributed by atoms with Gasteiger partial charge < -0.3 is 4.74 Å². The molecule has 0 radical (unpaired) electrons. The number of imidazole rings is 1. The number of ether oxygens (including phenoxy) is 1. The van der Waals surface area contributed by atoms with Gasteiger partial charge in [-0.15, -0.1) is 0 Å². The van der Waals surface area contributed by atoms with Crippen LogP contribution in [-0.4, -0.2) is 21.7 Å². The maximum atomic E-state index is 11.6. The molecule has 82 valence electrons. The summed E-state index contributed by atoms with van der Waals surface area (Å²) in [5.74, 6) is 1.11. The van der Waals surface area contributed by atoms with Crippen LogP contribution in [0.3, 0.4) is 0 Å². The molecule has 1 aliphatic rings. The minimum absolute atomic E-state index is 0.0971. The Bertz CT molecular complexity index is 332. The number of hydrogen-bond donors (Lipinski definition) is 0. The van der Waals surface area contributed by atoms with Crippen LogP contribution < -0.4 is 0 Å². The predicted octanol–water partition coefficient (Wildman–Crippen LogP) is 2.30. The molecule has 0 bridgehead atoms. The molecule has 2 rings (SSSR count). The van der Waals surface area contributed by atoms with Crippen LogP contribution in [0.25, 0.3) is 0 Å². The topological polar surface area (TPSA) is 44.1 Å². The van der Waals surface area contributed by atoms with Gasteiger partial charge in [-0.25, -0.2) is 14.3 Å². The normalized spacial score (nSPS) is 25.0. The molecule has 1 aliphatic carbocycles. The van der Waals surface area contributed by atoms with Crippen molar-refractivity contribution in [1.82, 2.24) is 9.55 Å². The van der Waals surface area contributed by atoms with Crippen LogP contribution in [0, 0.1) is 11.8 Å². The van der Waals surface area contributed by atoms with Gasteiger partial charge >= 0.3 is 6.09 Å². The molecule has 0 N–H and O–H groups in total. The summed E-state index contributed by atoms with van der Waals surface area (Å²) in [6.07, 6.45) is 6.57. The minimum Gasteiger partial charge on any atom is -0.445 e. The van der Waals surface area contributed by atoms with E-state index in [0.717, 1.165) is 6.42 Å². The lowest BCUT2D eigenvalue weighted by atomic mass is 9.75. The van der Waals surface area contributed by atoms with Gasteiger partial charge in [-0.05, 0) is 24.7 Å². The molecule has 0 spiro atoms. The molecule has 1 aromatic rings. The van der Waals surface area contributed by atoms with E-state index in [1.54, 1.807) is 12.4 Å². The summed E-state index contributed by atoms with van der Waals surface area (Å²) in [5.41, 5.74) is 0. The average molecular weight is 208 g/mol. The van der Waals surface area contributed by atoms with Crippen molar-refractivity contribution in [2.75, 3.05) is 0 Å². The van der Waals surface area contributed by atoms with Crippen LogP contribution in [-0.2, 0) is 4.74 Å². The van der Waals surface area contributed by atoms with Crippen LogP contribution in [0.15, 0.2) is 18.7 Å². The van der Waals surface area contributed by atoms with Gasteiger partial charge in [0.1, 0.15) is 12.4 Å². The molecule has 1 fully saturated rings. The second-order valence-corrected chi connectivity index (χ2v) is 4.38. The highest BCUT2D eigenvalue weighted by Crippen LogP contribution is 2.36. The monoisotopic (exact) mass is 208 g/mol. The van der Waals surface area contributed by atoms with Gasteiger partial charge in [0.2, 0.25) is 0 Å². The van der Waals surface area contributed by atoms with Gasteiger partial charge in [-0.1, -0.05) is 13.8 Å². The molecular formula is C11H16N2O2. The highest BCUT2D eigenvalue weighted by atomic mass is 16.6. The van der Waals surface area contributed by atoms with E-state index in [0.29, 0.717) is 11.8 Å². The summed E-state index contributed by atoms with van der Waals surface area (Å²) in [5, 5.41) is 0. The Morgan fingerprint density at radius 3 is 2.80 bits per heavy atom. The van der Waals surface area contributed by atoms with E-state index >= 15 is 0 Å². The van der Waals surface area contributed by atoms with Crippen molar-refractivity contribution in [3.05, 3.63) is 18.7 Å². The molecular weight excluding hydrogens is 192 g/mol. The van der Waals surface area contributed by atoms with Crippen molar-refractivity contribution in [3.63, 3.8) is 0 Å². The predicted molar refractivity (Wildman–Crippen MR) is 55.5 cm³/mol. The average Bonchev–Trinajstić information content (AvgIpc) is 2.63. The lowest BCUT2D eigenvalue weighted by Gasteiger charge is -2.38. The lowest BCUT2D eigenvalue weighted by Crippen LogP contribution is -2.39. The molecule has 1 aromatic heterocycles. The van der Waals surface area contributed by atoms with E-state index in [1.165, 1.54) is 17.3 Å². The Balaban J connectivity index is 1.90. The van der Waals surface area contributed by atoms with E-state index in [-0.39, 0.29) is 12.2 Å². The maximum Gasteiger partial charge on any atom is 0.419 e. The number of hydrogen-bond acceptors (Lipinski definition) is 3. The quantitative estimate of drug-likeness (QED) is 0.749. The first-order chi connectivity index (χ1) is 7.18. The third-order valence-electron chi connectivity index (χ3n) is 3.09. The Morgan fingerprint density at radius 2 is 2.33 bits per heavy atom. The zero-order valence-corrected chi connectivity index (χ0v) is 9.09. The fourth-order valence-corrected chi connectivity index (χ4v) is 1.96. The van der Waals surface area contributed by atoms with Crippen LogP contribution in [0.1, 0.15) is 26.7 Å². The summed E-state index contributed by atoms with van der Waals surface area (Å²) < 4.78 is 6.76. The first kappa shape index (κ1) is 10.2. The molecule has 15 heavy (non-hydrogen) atoms. The third kappa shape index (κ3) is 2.03. The number of carbonyl (C=O) groups is 1. The highest BCUT2D eigenvalue weighted by molar-refractivity contribution is 5.70. The SMILES string of the molecule is CC(C)C1CCC1OC(=O)n1ccnc1. The van der Waals surface area contributed by atoms with Crippen molar-refractivity contribution < 1.29 is 9.53 Å². The molecule has 2 atom stereocenters. The first-order valence-electron chi connectivity index (χ1n) is 5.37. The van der Waals surface area contributed by atoms with E-state index in [2.05, 4.69) is 18.8 Å². The fraction of sp³-hybridized carbons (Fsp3) is 0.636. The fourth-order valence-electron chi connectivity index (χ4n) is 1.96. The number of carbonyl (C=O) groups excluding carboxylic acids is 1. The Labute approximate surface area is 89.3 Å². The molecule has 0 aromatic carbocycles. The molecule has 1 saturated carbocycles. The van der Waals surface area contributed by atoms with Crippen LogP contribution in [0.5, 0.6) is 0 Å². The molecule has 0 amide bonds. The maximum absolute atomic E-state index is 11.6. The van der Waals surface area contributed by atoms with Crippen LogP contribution in [0.2, 0.25) is 0 Å². The standard InChI is InChI=1S/C11H16N2O2/c1-8(2)9-3-4-10(9)15-11(14)13-6-5-12-7-13/h5-10H,3-4H2,1-2H3. The van der Waals surface area contributed by atoms with Crippen molar-refractivity contribution >= 4 is 6.09 Å². The summed E-state index contributed by atoms with van der Waals surface area (Å²) in [6, 6.07) is 0. The molecule has 4 nitrogen and oxygen atoms in total. The Hall–Kier alpha value is -1.32. The zero-order valence-electron chi connectivity index (χ0n) is 9.09. The molecule has 1 heterocycles. The summed E-state index contributed by atoms with van der Waals surface area (Å²) in [7, 11) is 0. The van der Waals surface area contributed by atoms with Gasteiger partial charge in [0.05, 0.1) is 0 Å². The second kappa shape index (κ2) is 4.04. The van der Waals surface area contributed by atoms with E-state index in [9.17, 15) is 4.79 Å². The minimum atomic E-state index is -0.317. The lowest BCUT2D eigenvalue weighted by molar-refractivity contribution is -0.0172. The van der Waals surface area contributed by atoms with Crippen molar-refractivity contribution in [2.24, 2.45) is 11.8 Å². The summed E-state index contributed by atoms with van der Waals surface area (Å²) in [4.78, 5) is 15.4. The molecule has 4 heteroatoms. The third-order valence-corrected chi connectivity index (χ3v) is 3.09. The van der Waals surface area contributed by atoms with Gasteiger partial charge in [0, 0.05) is 12.4 Å². The van der Waals surface area contributed by atoms with Crippen molar-refractivity contribution in [2.45, 2.75) is 32.8 Å². The molecule has 2 unspecified atom stereocenters. The largest absolute Gasteiger partial charge is 0.445 e. The van der Waals surface area contributed by atoms with Gasteiger partial charge in [-0.2, -0.15) is 0 Å². The van der Waals surface area contributed by atoms with E-state index < -0.39 is 0 Å². The van der Waals surface area contributed by atoms with E-state index in [4.69, 9.17) is 4.74 Å². The molecule has 0 aliphatic heterocycles.